The summed E-state index contributed by atoms with van der Waals surface area (Å²) in [4.78, 5) is 14.4. The van der Waals surface area contributed by atoms with Crippen molar-refractivity contribution in [2.24, 2.45) is 5.92 Å². The number of nitrogens with one attached hydrogen (secondary N) is 1. The lowest BCUT2D eigenvalue weighted by Gasteiger charge is -2.17. The molecule has 0 fully saturated rings. The van der Waals surface area contributed by atoms with E-state index in [9.17, 15) is 4.79 Å². The summed E-state index contributed by atoms with van der Waals surface area (Å²) in [5, 5.41) is 3.00. The fourth-order valence-corrected chi connectivity index (χ4v) is 2.41. The third kappa shape index (κ3) is 6.76. The van der Waals surface area contributed by atoms with Crippen LogP contribution < -0.4 is 5.32 Å². The fourth-order valence-electron chi connectivity index (χ4n) is 2.41. The molecule has 1 aromatic carbocycles. The monoisotopic (exact) mass is 290 g/mol. The van der Waals surface area contributed by atoms with E-state index in [1.54, 1.807) is 0 Å². The number of carbonyl (C=O) groups excluding carboxylic acids is 1. The molecule has 0 saturated carbocycles. The molecule has 0 atom stereocenters. The van der Waals surface area contributed by atoms with Crippen LogP contribution >= 0.6 is 0 Å². The van der Waals surface area contributed by atoms with Crippen LogP contribution in [0.2, 0.25) is 0 Å². The normalized spacial score (nSPS) is 11.1. The van der Waals surface area contributed by atoms with Crippen molar-refractivity contribution >= 4 is 5.91 Å². The molecule has 0 bridgehead atoms. The van der Waals surface area contributed by atoms with Crippen molar-refractivity contribution in [1.29, 1.82) is 0 Å². The summed E-state index contributed by atoms with van der Waals surface area (Å²) < 4.78 is 0. The van der Waals surface area contributed by atoms with Gasteiger partial charge in [0.1, 0.15) is 0 Å². The second-order valence-corrected chi connectivity index (χ2v) is 5.93. The van der Waals surface area contributed by atoms with Crippen molar-refractivity contribution in [3.05, 3.63) is 35.4 Å². The number of nitrogens with zero attached hydrogens (tertiary/aromatic N) is 1. The fraction of sp³-hybridized carbons (Fsp3) is 0.611. The molecule has 0 aliphatic heterocycles. The van der Waals surface area contributed by atoms with Gasteiger partial charge in [-0.25, -0.2) is 0 Å². The first-order chi connectivity index (χ1) is 10.1. The highest BCUT2D eigenvalue weighted by Crippen LogP contribution is 2.09. The zero-order valence-electron chi connectivity index (χ0n) is 14.0. The van der Waals surface area contributed by atoms with Crippen molar-refractivity contribution < 1.29 is 4.79 Å². The Balaban J connectivity index is 2.35. The molecule has 118 valence electrons. The Bertz CT molecular complexity index is 408. The van der Waals surface area contributed by atoms with Crippen molar-refractivity contribution in [2.75, 3.05) is 26.2 Å². The summed E-state index contributed by atoms with van der Waals surface area (Å²) in [7, 11) is 0. The second kappa shape index (κ2) is 9.56. The van der Waals surface area contributed by atoms with Crippen LogP contribution in [0.25, 0.3) is 0 Å². The zero-order chi connectivity index (χ0) is 15.7. The Kier molecular flexibility index (Phi) is 8.06. The van der Waals surface area contributed by atoms with Gasteiger partial charge in [-0.3, -0.25) is 4.79 Å². The topological polar surface area (TPSA) is 32.3 Å². The molecular formula is C18H30N2O. The molecule has 3 heteroatoms. The van der Waals surface area contributed by atoms with E-state index in [0.717, 1.165) is 44.6 Å². The molecule has 0 spiro atoms. The van der Waals surface area contributed by atoms with Gasteiger partial charge in [-0.2, -0.15) is 0 Å². The minimum Gasteiger partial charge on any atom is -0.352 e. The summed E-state index contributed by atoms with van der Waals surface area (Å²) in [6, 6.07) is 7.98. The SMILES string of the molecule is CCN(CC)CCCNC(=O)c1ccc(CC(C)C)cc1. The van der Waals surface area contributed by atoms with Crippen molar-refractivity contribution in [2.45, 2.75) is 40.5 Å². The van der Waals surface area contributed by atoms with Crippen LogP contribution in [-0.2, 0) is 6.42 Å². The maximum absolute atomic E-state index is 12.0. The third-order valence-corrected chi connectivity index (χ3v) is 3.69. The van der Waals surface area contributed by atoms with E-state index in [1.165, 1.54) is 5.56 Å². The average molecular weight is 290 g/mol. The van der Waals surface area contributed by atoms with Gasteiger partial charge in [0.2, 0.25) is 0 Å². The first-order valence-electron chi connectivity index (χ1n) is 8.16. The average Bonchev–Trinajstić information content (AvgIpc) is 2.47. The van der Waals surface area contributed by atoms with Crippen LogP contribution in [0.5, 0.6) is 0 Å². The van der Waals surface area contributed by atoms with E-state index in [4.69, 9.17) is 0 Å². The number of benzene rings is 1. The van der Waals surface area contributed by atoms with Gasteiger partial charge in [-0.15, -0.1) is 0 Å². The highest BCUT2D eigenvalue weighted by Gasteiger charge is 2.06. The van der Waals surface area contributed by atoms with Crippen molar-refractivity contribution in [3.63, 3.8) is 0 Å². The van der Waals surface area contributed by atoms with Crippen LogP contribution in [-0.4, -0.2) is 37.0 Å². The third-order valence-electron chi connectivity index (χ3n) is 3.69. The minimum atomic E-state index is 0.0330. The van der Waals surface area contributed by atoms with Crippen LogP contribution in [0.4, 0.5) is 0 Å². The van der Waals surface area contributed by atoms with E-state index in [1.807, 2.05) is 12.1 Å². The standard InChI is InChI=1S/C18H30N2O/c1-5-20(6-2)13-7-12-19-18(21)17-10-8-16(9-11-17)14-15(3)4/h8-11,15H,5-7,12-14H2,1-4H3,(H,19,21). The summed E-state index contributed by atoms with van der Waals surface area (Å²) in [5.41, 5.74) is 2.05. The summed E-state index contributed by atoms with van der Waals surface area (Å²) in [6.07, 6.45) is 2.06. The zero-order valence-corrected chi connectivity index (χ0v) is 14.0. The minimum absolute atomic E-state index is 0.0330. The number of hydrogen-bond donors (Lipinski definition) is 1. The highest BCUT2D eigenvalue weighted by molar-refractivity contribution is 5.94. The Labute approximate surface area is 129 Å². The van der Waals surface area contributed by atoms with E-state index in [-0.39, 0.29) is 5.91 Å². The molecule has 0 aliphatic rings. The molecule has 0 aliphatic carbocycles. The number of carbonyl (C=O) groups is 1. The smallest absolute Gasteiger partial charge is 0.251 e. The van der Waals surface area contributed by atoms with Crippen LogP contribution in [0.3, 0.4) is 0 Å². The molecule has 0 heterocycles. The van der Waals surface area contributed by atoms with Gasteiger partial charge >= 0.3 is 0 Å². The Hall–Kier alpha value is -1.35. The van der Waals surface area contributed by atoms with Crippen molar-refractivity contribution in [1.82, 2.24) is 10.2 Å². The maximum Gasteiger partial charge on any atom is 0.251 e. The first-order valence-corrected chi connectivity index (χ1v) is 8.16. The predicted octanol–water partition coefficient (Wildman–Crippen LogP) is 3.35. The maximum atomic E-state index is 12.0. The molecule has 3 nitrogen and oxygen atoms in total. The molecule has 0 saturated heterocycles. The van der Waals surface area contributed by atoms with Gasteiger partial charge in [0.05, 0.1) is 0 Å². The molecule has 1 rings (SSSR count). The summed E-state index contributed by atoms with van der Waals surface area (Å²) in [6.45, 7) is 12.7. The molecular weight excluding hydrogens is 260 g/mol. The molecule has 1 amide bonds. The molecule has 21 heavy (non-hydrogen) atoms. The van der Waals surface area contributed by atoms with E-state index < -0.39 is 0 Å². The Morgan fingerprint density at radius 2 is 1.76 bits per heavy atom. The van der Waals surface area contributed by atoms with Gasteiger partial charge in [0, 0.05) is 12.1 Å². The van der Waals surface area contributed by atoms with E-state index >= 15 is 0 Å². The van der Waals surface area contributed by atoms with Crippen LogP contribution in [0.15, 0.2) is 24.3 Å². The van der Waals surface area contributed by atoms with Gasteiger partial charge < -0.3 is 10.2 Å². The van der Waals surface area contributed by atoms with Crippen molar-refractivity contribution in [3.8, 4) is 0 Å². The predicted molar refractivity (Wildman–Crippen MR) is 89.7 cm³/mol. The molecule has 1 N–H and O–H groups in total. The number of hydrogen-bond acceptors (Lipinski definition) is 2. The molecule has 0 aromatic heterocycles. The lowest BCUT2D eigenvalue weighted by molar-refractivity contribution is 0.0952. The quantitative estimate of drug-likeness (QED) is 0.707. The number of rotatable bonds is 9. The second-order valence-electron chi connectivity index (χ2n) is 5.93. The van der Waals surface area contributed by atoms with Gasteiger partial charge in [0.25, 0.3) is 5.91 Å². The lowest BCUT2D eigenvalue weighted by atomic mass is 10.0. The number of amides is 1. The summed E-state index contributed by atoms with van der Waals surface area (Å²) >= 11 is 0. The first kappa shape index (κ1) is 17.7. The van der Waals surface area contributed by atoms with E-state index in [0.29, 0.717) is 5.92 Å². The highest BCUT2D eigenvalue weighted by atomic mass is 16.1. The largest absolute Gasteiger partial charge is 0.352 e. The molecule has 0 radical (unpaired) electrons. The molecule has 1 aromatic rings. The summed E-state index contributed by atoms with van der Waals surface area (Å²) in [5.74, 6) is 0.676. The van der Waals surface area contributed by atoms with Gasteiger partial charge in [0.15, 0.2) is 0 Å². The Morgan fingerprint density at radius 3 is 2.29 bits per heavy atom. The van der Waals surface area contributed by atoms with Gasteiger partial charge in [-0.1, -0.05) is 39.8 Å². The Morgan fingerprint density at radius 1 is 1.14 bits per heavy atom. The van der Waals surface area contributed by atoms with Gasteiger partial charge in [-0.05, 0) is 56.1 Å². The van der Waals surface area contributed by atoms with Crippen LogP contribution in [0.1, 0.15) is 50.0 Å². The van der Waals surface area contributed by atoms with Crippen LogP contribution in [0, 0.1) is 5.92 Å². The molecule has 0 unspecified atom stereocenters. The van der Waals surface area contributed by atoms with E-state index in [2.05, 4.69) is 50.0 Å². The lowest BCUT2D eigenvalue weighted by Crippen LogP contribution is -2.29.